The number of guanidine groups is 1. The van der Waals surface area contributed by atoms with Crippen LogP contribution in [0.3, 0.4) is 0 Å². The Morgan fingerprint density at radius 2 is 2.15 bits per heavy atom. The summed E-state index contributed by atoms with van der Waals surface area (Å²) in [7, 11) is 1.91. The van der Waals surface area contributed by atoms with Crippen LogP contribution < -0.4 is 5.32 Å². The van der Waals surface area contributed by atoms with Gasteiger partial charge in [-0.1, -0.05) is 25.3 Å². The van der Waals surface area contributed by atoms with Crippen molar-refractivity contribution in [1.82, 2.24) is 24.8 Å². The van der Waals surface area contributed by atoms with Crippen LogP contribution in [0.2, 0.25) is 0 Å². The number of rotatable bonds is 4. The molecule has 1 N–H and O–H groups in total. The van der Waals surface area contributed by atoms with Crippen molar-refractivity contribution in [2.24, 2.45) is 4.99 Å². The molecule has 1 saturated carbocycles. The maximum Gasteiger partial charge on any atom is 0.193 e. The Labute approximate surface area is 165 Å². The number of pyridine rings is 1. The van der Waals surface area contributed by atoms with E-state index in [0.29, 0.717) is 4.75 Å². The molecule has 4 rings (SSSR count). The predicted octanol–water partition coefficient (Wildman–Crippen LogP) is 2.99. The standard InChI is InChI=1S/C20H30N6S/c1-21-19(25-14-15-27-20(16-25)10-4-2-5-11-20)22-12-7-9-18-24-23-17-8-3-6-13-26(17)18/h3,6,8,13H,2,4-5,7,9-12,14-16H2,1H3,(H,21,22). The molecule has 1 spiro atoms. The number of aromatic nitrogens is 3. The third kappa shape index (κ3) is 4.23. The van der Waals surface area contributed by atoms with Gasteiger partial charge in [-0.25, -0.2) is 0 Å². The highest BCUT2D eigenvalue weighted by Crippen LogP contribution is 2.42. The van der Waals surface area contributed by atoms with Crippen molar-refractivity contribution in [3.8, 4) is 0 Å². The van der Waals surface area contributed by atoms with Gasteiger partial charge < -0.3 is 10.2 Å². The first-order valence-corrected chi connectivity index (χ1v) is 11.2. The first-order chi connectivity index (χ1) is 13.3. The molecule has 3 heterocycles. The molecule has 1 aliphatic heterocycles. The lowest BCUT2D eigenvalue weighted by Gasteiger charge is -2.45. The summed E-state index contributed by atoms with van der Waals surface area (Å²) in [5.74, 6) is 3.30. The normalized spacial score (nSPS) is 20.3. The van der Waals surface area contributed by atoms with E-state index in [4.69, 9.17) is 0 Å². The highest BCUT2D eigenvalue weighted by atomic mass is 32.2. The summed E-state index contributed by atoms with van der Waals surface area (Å²) in [6.07, 6.45) is 10.9. The number of hydrogen-bond donors (Lipinski definition) is 1. The Morgan fingerprint density at radius 3 is 3.00 bits per heavy atom. The van der Waals surface area contributed by atoms with Crippen LogP contribution in [0.1, 0.15) is 44.3 Å². The van der Waals surface area contributed by atoms with E-state index in [1.165, 1.54) is 37.9 Å². The molecule has 0 amide bonds. The number of nitrogens with zero attached hydrogens (tertiary/aromatic N) is 5. The average Bonchev–Trinajstić information content (AvgIpc) is 3.12. The fraction of sp³-hybridized carbons (Fsp3) is 0.650. The Morgan fingerprint density at radius 1 is 1.26 bits per heavy atom. The van der Waals surface area contributed by atoms with Gasteiger partial charge in [-0.2, -0.15) is 11.8 Å². The third-order valence-corrected chi connectivity index (χ3v) is 7.31. The lowest BCUT2D eigenvalue weighted by molar-refractivity contribution is 0.293. The molecule has 7 heteroatoms. The van der Waals surface area contributed by atoms with Gasteiger partial charge in [0.25, 0.3) is 0 Å². The molecule has 0 aromatic carbocycles. The predicted molar refractivity (Wildman–Crippen MR) is 113 cm³/mol. The Balaban J connectivity index is 1.29. The third-order valence-electron chi connectivity index (χ3n) is 5.77. The van der Waals surface area contributed by atoms with Crippen molar-refractivity contribution < 1.29 is 0 Å². The molecule has 1 saturated heterocycles. The largest absolute Gasteiger partial charge is 0.356 e. The number of fused-ring (bicyclic) bond motifs is 1. The van der Waals surface area contributed by atoms with Crippen LogP contribution in [0.25, 0.3) is 5.65 Å². The van der Waals surface area contributed by atoms with Crippen LogP contribution in [0.5, 0.6) is 0 Å². The minimum absolute atomic E-state index is 0.467. The minimum Gasteiger partial charge on any atom is -0.356 e. The van der Waals surface area contributed by atoms with Gasteiger partial charge in [0.2, 0.25) is 0 Å². The van der Waals surface area contributed by atoms with Crippen LogP contribution in [0.15, 0.2) is 29.4 Å². The van der Waals surface area contributed by atoms with Crippen LogP contribution >= 0.6 is 11.8 Å². The van der Waals surface area contributed by atoms with Crippen molar-refractivity contribution in [3.05, 3.63) is 30.2 Å². The lowest BCUT2D eigenvalue weighted by Crippen LogP contribution is -2.53. The maximum absolute atomic E-state index is 4.56. The minimum atomic E-state index is 0.467. The second kappa shape index (κ2) is 8.50. The van der Waals surface area contributed by atoms with Crippen molar-refractivity contribution >= 4 is 23.4 Å². The fourth-order valence-corrected chi connectivity index (χ4v) is 5.93. The van der Waals surface area contributed by atoms with Gasteiger partial charge in [0.15, 0.2) is 11.6 Å². The zero-order chi connectivity index (χ0) is 18.5. The molecule has 2 aliphatic rings. The summed E-state index contributed by atoms with van der Waals surface area (Å²) < 4.78 is 2.54. The summed E-state index contributed by atoms with van der Waals surface area (Å²) in [6, 6.07) is 6.01. The topological polar surface area (TPSA) is 57.8 Å². The van der Waals surface area contributed by atoms with Crippen molar-refractivity contribution in [2.75, 3.05) is 32.4 Å². The Hall–Kier alpha value is -1.76. The van der Waals surface area contributed by atoms with Crippen LogP contribution in [0, 0.1) is 0 Å². The van der Waals surface area contributed by atoms with Crippen LogP contribution in [-0.4, -0.2) is 62.6 Å². The molecule has 0 radical (unpaired) electrons. The maximum atomic E-state index is 4.56. The Kier molecular flexibility index (Phi) is 5.86. The second-order valence-corrected chi connectivity index (χ2v) is 9.20. The quantitative estimate of drug-likeness (QED) is 0.497. The van der Waals surface area contributed by atoms with Gasteiger partial charge in [0, 0.05) is 49.8 Å². The monoisotopic (exact) mass is 386 g/mol. The van der Waals surface area contributed by atoms with E-state index in [-0.39, 0.29) is 0 Å². The van der Waals surface area contributed by atoms with Crippen molar-refractivity contribution in [3.63, 3.8) is 0 Å². The summed E-state index contributed by atoms with van der Waals surface area (Å²) in [5, 5.41) is 12.1. The number of nitrogens with one attached hydrogen (secondary N) is 1. The van der Waals surface area contributed by atoms with Gasteiger partial charge in [0.1, 0.15) is 5.82 Å². The van der Waals surface area contributed by atoms with E-state index < -0.39 is 0 Å². The van der Waals surface area contributed by atoms with E-state index in [9.17, 15) is 0 Å². The van der Waals surface area contributed by atoms with Gasteiger partial charge in [-0.3, -0.25) is 9.39 Å². The second-order valence-electron chi connectivity index (χ2n) is 7.64. The number of aliphatic imine (C=N–C) groups is 1. The van der Waals surface area contributed by atoms with E-state index in [1.54, 1.807) is 0 Å². The van der Waals surface area contributed by atoms with Gasteiger partial charge in [0.05, 0.1) is 0 Å². The summed E-state index contributed by atoms with van der Waals surface area (Å²) in [5.41, 5.74) is 0.917. The lowest BCUT2D eigenvalue weighted by atomic mass is 9.87. The molecule has 6 nitrogen and oxygen atoms in total. The van der Waals surface area contributed by atoms with Crippen LogP contribution in [-0.2, 0) is 6.42 Å². The molecule has 0 unspecified atom stereocenters. The summed E-state index contributed by atoms with van der Waals surface area (Å²) in [4.78, 5) is 7.04. The highest BCUT2D eigenvalue weighted by molar-refractivity contribution is 8.00. The molecule has 1 aliphatic carbocycles. The smallest absolute Gasteiger partial charge is 0.193 e. The van der Waals surface area contributed by atoms with E-state index in [0.717, 1.165) is 49.9 Å². The zero-order valence-electron chi connectivity index (χ0n) is 16.2. The van der Waals surface area contributed by atoms with Gasteiger partial charge in [-0.05, 0) is 31.4 Å². The molecule has 146 valence electrons. The summed E-state index contributed by atoms with van der Waals surface area (Å²) in [6.45, 7) is 3.15. The van der Waals surface area contributed by atoms with Crippen molar-refractivity contribution in [2.45, 2.75) is 49.7 Å². The number of aryl methyl sites for hydroxylation is 1. The molecule has 27 heavy (non-hydrogen) atoms. The van der Waals surface area contributed by atoms with E-state index in [1.807, 2.05) is 31.4 Å². The fourth-order valence-electron chi connectivity index (χ4n) is 4.36. The molecule has 2 fully saturated rings. The van der Waals surface area contributed by atoms with Crippen LogP contribution in [0.4, 0.5) is 0 Å². The SMILES string of the molecule is CN=C(NCCCc1nnc2ccccn12)N1CCSC2(CCCCC2)C1. The number of hydrogen-bond acceptors (Lipinski definition) is 4. The molecule has 0 atom stereocenters. The van der Waals surface area contributed by atoms with Gasteiger partial charge >= 0.3 is 0 Å². The first kappa shape index (κ1) is 18.6. The average molecular weight is 387 g/mol. The van der Waals surface area contributed by atoms with Crippen molar-refractivity contribution in [1.29, 1.82) is 0 Å². The molecule has 2 aromatic heterocycles. The zero-order valence-corrected chi connectivity index (χ0v) is 17.0. The highest BCUT2D eigenvalue weighted by Gasteiger charge is 2.38. The van der Waals surface area contributed by atoms with E-state index >= 15 is 0 Å². The van der Waals surface area contributed by atoms with E-state index in [2.05, 4.69) is 41.6 Å². The molecular weight excluding hydrogens is 356 g/mol. The molecule has 2 aromatic rings. The molecular formula is C20H30N6S. The first-order valence-electron chi connectivity index (χ1n) is 10.2. The van der Waals surface area contributed by atoms with Gasteiger partial charge in [-0.15, -0.1) is 10.2 Å². The molecule has 0 bridgehead atoms. The Bertz CT molecular complexity index is 774. The number of thioether (sulfide) groups is 1. The summed E-state index contributed by atoms with van der Waals surface area (Å²) >= 11 is 2.20.